The van der Waals surface area contributed by atoms with Crippen LogP contribution in [-0.2, 0) is 6.42 Å². The molecule has 0 saturated heterocycles. The average Bonchev–Trinajstić information content (AvgIpc) is 2.88. The molecule has 0 aliphatic carbocycles. The van der Waals surface area contributed by atoms with E-state index in [0.717, 1.165) is 12.1 Å². The topological polar surface area (TPSA) is 54.9 Å². The van der Waals surface area contributed by atoms with Crippen LogP contribution in [0.25, 0.3) is 5.69 Å². The highest BCUT2D eigenvalue weighted by Crippen LogP contribution is 2.13. The Hall–Kier alpha value is -2.10. The third kappa shape index (κ3) is 4.70. The van der Waals surface area contributed by atoms with Gasteiger partial charge in [0.2, 0.25) is 0 Å². The zero-order valence-corrected chi connectivity index (χ0v) is 14.8. The van der Waals surface area contributed by atoms with Gasteiger partial charge >= 0.3 is 0 Å². The van der Waals surface area contributed by atoms with Crippen molar-refractivity contribution in [1.82, 2.24) is 9.78 Å². The highest BCUT2D eigenvalue weighted by Gasteiger charge is 2.11. The molecule has 24 heavy (non-hydrogen) atoms. The number of hydrogen-bond donors (Lipinski definition) is 1. The summed E-state index contributed by atoms with van der Waals surface area (Å²) in [5.41, 5.74) is 2.56. The van der Waals surface area contributed by atoms with Crippen molar-refractivity contribution in [2.75, 3.05) is 0 Å². The predicted molar refractivity (Wildman–Crippen MR) is 98.2 cm³/mol. The second-order valence-corrected chi connectivity index (χ2v) is 6.45. The molecule has 0 saturated carbocycles. The maximum atomic E-state index is 12.1. The summed E-state index contributed by atoms with van der Waals surface area (Å²) in [5.74, 6) is 0. The number of aryl methyl sites for hydroxylation is 2. The first-order chi connectivity index (χ1) is 11.7. The summed E-state index contributed by atoms with van der Waals surface area (Å²) in [6.45, 7) is 3.97. The molecule has 0 atom stereocenters. The number of unbranched alkanes of at least 4 members (excludes halogenated alkanes) is 6. The number of nitrogens with zero attached hydrogens (tertiary/aromatic N) is 1. The van der Waals surface area contributed by atoms with Crippen LogP contribution in [0.5, 0.6) is 0 Å². The van der Waals surface area contributed by atoms with Crippen molar-refractivity contribution in [2.24, 2.45) is 0 Å². The molecule has 4 nitrogen and oxygen atoms in total. The van der Waals surface area contributed by atoms with Crippen LogP contribution < -0.4 is 5.56 Å². The van der Waals surface area contributed by atoms with E-state index in [4.69, 9.17) is 0 Å². The van der Waals surface area contributed by atoms with Crippen molar-refractivity contribution in [1.29, 1.82) is 0 Å². The van der Waals surface area contributed by atoms with Crippen LogP contribution in [0, 0.1) is 6.92 Å². The lowest BCUT2D eigenvalue weighted by Gasteiger charge is -2.05. The van der Waals surface area contributed by atoms with Crippen LogP contribution in [0.3, 0.4) is 0 Å². The second kappa shape index (κ2) is 9.26. The quantitative estimate of drug-likeness (QED) is 0.513. The summed E-state index contributed by atoms with van der Waals surface area (Å²) in [5, 5.41) is 2.95. The molecular weight excluding hydrogens is 300 g/mol. The summed E-state index contributed by atoms with van der Waals surface area (Å²) >= 11 is 0. The van der Waals surface area contributed by atoms with Crippen LogP contribution in [0.1, 0.15) is 73.5 Å². The number of aldehydes is 1. The molecule has 130 valence electrons. The molecule has 0 fully saturated rings. The fraction of sp³-hybridized carbons (Fsp3) is 0.500. The van der Waals surface area contributed by atoms with Crippen LogP contribution in [-0.4, -0.2) is 16.1 Å². The number of carbonyl (C=O) groups is 1. The lowest BCUT2D eigenvalue weighted by molar-refractivity contribution is 0.112. The van der Waals surface area contributed by atoms with Gasteiger partial charge < -0.3 is 0 Å². The highest BCUT2D eigenvalue weighted by atomic mass is 16.1. The molecule has 1 aromatic heterocycles. The first kappa shape index (κ1) is 18.2. The van der Waals surface area contributed by atoms with Gasteiger partial charge in [-0.25, -0.2) is 4.68 Å². The zero-order chi connectivity index (χ0) is 17.4. The van der Waals surface area contributed by atoms with Gasteiger partial charge in [-0.15, -0.1) is 0 Å². The van der Waals surface area contributed by atoms with Gasteiger partial charge in [0.1, 0.15) is 5.56 Å². The number of H-pyrrole nitrogens is 1. The van der Waals surface area contributed by atoms with E-state index in [2.05, 4.69) is 24.2 Å². The Morgan fingerprint density at radius 1 is 1.00 bits per heavy atom. The normalized spacial score (nSPS) is 10.9. The van der Waals surface area contributed by atoms with Crippen LogP contribution in [0.2, 0.25) is 0 Å². The predicted octanol–water partition coefficient (Wildman–Crippen LogP) is 4.58. The van der Waals surface area contributed by atoms with Crippen LogP contribution in [0.4, 0.5) is 0 Å². The Bertz CT molecular complexity index is 695. The minimum Gasteiger partial charge on any atom is -0.298 e. The van der Waals surface area contributed by atoms with Gasteiger partial charge in [-0.1, -0.05) is 57.6 Å². The minimum atomic E-state index is -0.290. The number of rotatable bonds is 10. The van der Waals surface area contributed by atoms with Crippen LogP contribution in [0.15, 0.2) is 29.1 Å². The molecule has 0 unspecified atom stereocenters. The Kier molecular flexibility index (Phi) is 7.04. The molecule has 0 bridgehead atoms. The Balaban J connectivity index is 1.87. The lowest BCUT2D eigenvalue weighted by atomic mass is 10.0. The lowest BCUT2D eigenvalue weighted by Crippen LogP contribution is -2.17. The molecule has 0 aliphatic heterocycles. The van der Waals surface area contributed by atoms with Gasteiger partial charge in [0, 0.05) is 5.69 Å². The molecule has 2 aromatic rings. The summed E-state index contributed by atoms with van der Waals surface area (Å²) in [7, 11) is 0. The molecule has 1 aromatic carbocycles. The maximum absolute atomic E-state index is 12.1. The molecular formula is C20H28N2O2. The maximum Gasteiger partial charge on any atom is 0.282 e. The number of hydrogen-bond acceptors (Lipinski definition) is 2. The summed E-state index contributed by atoms with van der Waals surface area (Å²) in [4.78, 5) is 23.1. The largest absolute Gasteiger partial charge is 0.298 e. The first-order valence-electron chi connectivity index (χ1n) is 9.03. The smallest absolute Gasteiger partial charge is 0.282 e. The minimum absolute atomic E-state index is 0.196. The van der Waals surface area contributed by atoms with E-state index >= 15 is 0 Å². The van der Waals surface area contributed by atoms with Crippen molar-refractivity contribution < 1.29 is 4.79 Å². The molecule has 4 heteroatoms. The van der Waals surface area contributed by atoms with E-state index in [9.17, 15) is 9.59 Å². The van der Waals surface area contributed by atoms with E-state index in [1.165, 1.54) is 55.2 Å². The second-order valence-electron chi connectivity index (χ2n) is 6.45. The zero-order valence-electron chi connectivity index (χ0n) is 14.8. The van der Waals surface area contributed by atoms with Gasteiger partial charge in [-0.2, -0.15) is 0 Å². The molecule has 1 heterocycles. The molecule has 0 amide bonds. The number of carbonyl (C=O) groups excluding carboxylic acids is 1. The van der Waals surface area contributed by atoms with E-state index in [1.54, 1.807) is 6.92 Å². The van der Waals surface area contributed by atoms with Gasteiger partial charge in [-0.05, 0) is 37.5 Å². The average molecular weight is 328 g/mol. The Morgan fingerprint density at radius 3 is 2.21 bits per heavy atom. The first-order valence-corrected chi connectivity index (χ1v) is 9.03. The van der Waals surface area contributed by atoms with E-state index in [-0.39, 0.29) is 11.1 Å². The molecule has 0 radical (unpaired) electrons. The molecule has 1 N–H and O–H groups in total. The molecule has 2 rings (SSSR count). The number of benzene rings is 1. The fourth-order valence-electron chi connectivity index (χ4n) is 2.98. The summed E-state index contributed by atoms with van der Waals surface area (Å²) in [6.07, 6.45) is 10.9. The van der Waals surface area contributed by atoms with Gasteiger partial charge in [0.25, 0.3) is 5.56 Å². The van der Waals surface area contributed by atoms with Crippen molar-refractivity contribution in [3.8, 4) is 5.69 Å². The molecule has 0 aliphatic rings. The van der Waals surface area contributed by atoms with Gasteiger partial charge in [0.15, 0.2) is 6.29 Å². The van der Waals surface area contributed by atoms with Crippen molar-refractivity contribution in [2.45, 2.75) is 65.2 Å². The number of aromatic nitrogens is 2. The fourth-order valence-corrected chi connectivity index (χ4v) is 2.98. The van der Waals surface area contributed by atoms with E-state index in [1.807, 2.05) is 12.1 Å². The van der Waals surface area contributed by atoms with E-state index < -0.39 is 0 Å². The molecule has 0 spiro atoms. The van der Waals surface area contributed by atoms with Crippen molar-refractivity contribution in [3.63, 3.8) is 0 Å². The Morgan fingerprint density at radius 2 is 1.62 bits per heavy atom. The van der Waals surface area contributed by atoms with Crippen LogP contribution >= 0.6 is 0 Å². The number of nitrogens with one attached hydrogen (secondary N) is 1. The van der Waals surface area contributed by atoms with Gasteiger partial charge in [0.05, 0.1) is 5.69 Å². The summed E-state index contributed by atoms with van der Waals surface area (Å²) in [6, 6.07) is 8.00. The third-order valence-corrected chi connectivity index (χ3v) is 4.50. The van der Waals surface area contributed by atoms with E-state index in [0.29, 0.717) is 12.0 Å². The monoisotopic (exact) mass is 328 g/mol. The van der Waals surface area contributed by atoms with Crippen molar-refractivity contribution in [3.05, 3.63) is 51.4 Å². The van der Waals surface area contributed by atoms with Crippen molar-refractivity contribution >= 4 is 6.29 Å². The SMILES string of the molecule is CCCCCCCCCc1ccc(-n2[nH]c(C)c(C=O)c2=O)cc1. The Labute approximate surface area is 143 Å². The third-order valence-electron chi connectivity index (χ3n) is 4.50. The standard InChI is InChI=1S/C20H28N2O2/c1-3-4-5-6-7-8-9-10-17-11-13-18(14-12-17)22-20(24)19(15-23)16(2)21-22/h11-15,21H,3-10H2,1-2H3. The number of aromatic amines is 1. The highest BCUT2D eigenvalue weighted by molar-refractivity contribution is 5.75. The summed E-state index contributed by atoms with van der Waals surface area (Å²) < 4.78 is 1.43. The van der Waals surface area contributed by atoms with Gasteiger partial charge in [-0.3, -0.25) is 14.7 Å².